The molecule has 0 radical (unpaired) electrons. The first-order valence-corrected chi connectivity index (χ1v) is 8.17. The lowest BCUT2D eigenvalue weighted by Gasteiger charge is -2.22. The minimum Gasteiger partial charge on any atom is -0.467 e. The van der Waals surface area contributed by atoms with Crippen LogP contribution in [0.15, 0.2) is 63.8 Å². The van der Waals surface area contributed by atoms with E-state index in [4.69, 9.17) is 8.83 Å². The molecule has 0 atom stereocenters. The molecule has 0 saturated heterocycles. The van der Waals surface area contributed by atoms with E-state index in [9.17, 15) is 31.1 Å². The number of halogens is 6. The topological polar surface area (TPSA) is 46.6 Å². The Morgan fingerprint density at radius 3 is 1.59 bits per heavy atom. The van der Waals surface area contributed by atoms with Gasteiger partial charge < -0.3 is 13.7 Å². The second-order valence-corrected chi connectivity index (χ2v) is 6.11. The number of hydrogen-bond donors (Lipinski definition) is 0. The number of carbonyl (C=O) groups is 1. The van der Waals surface area contributed by atoms with E-state index in [1.165, 1.54) is 36.8 Å². The highest BCUT2D eigenvalue weighted by atomic mass is 19.4. The third-order valence-corrected chi connectivity index (χ3v) is 3.98. The molecule has 2 aromatic heterocycles. The summed E-state index contributed by atoms with van der Waals surface area (Å²) in [6, 6.07) is 6.89. The third-order valence-electron chi connectivity index (χ3n) is 3.98. The SMILES string of the molecule is O=C(c1cc(C(F)(F)F)cc(C(F)(F)F)c1)N(Cc1ccco1)Cc1ccco1. The van der Waals surface area contributed by atoms with Crippen LogP contribution in [-0.4, -0.2) is 10.8 Å². The average molecular weight is 417 g/mol. The first-order chi connectivity index (χ1) is 13.5. The molecule has 0 fully saturated rings. The molecule has 0 unspecified atom stereocenters. The molecule has 4 nitrogen and oxygen atoms in total. The Balaban J connectivity index is 2.01. The van der Waals surface area contributed by atoms with Gasteiger partial charge in [0, 0.05) is 5.56 Å². The molecular weight excluding hydrogens is 404 g/mol. The van der Waals surface area contributed by atoms with Crippen molar-refractivity contribution >= 4 is 5.91 Å². The Bertz CT molecular complexity index is 890. The van der Waals surface area contributed by atoms with Crippen LogP contribution in [0.3, 0.4) is 0 Å². The van der Waals surface area contributed by atoms with Gasteiger partial charge in [-0.25, -0.2) is 0 Å². The van der Waals surface area contributed by atoms with Crippen LogP contribution in [0.2, 0.25) is 0 Å². The number of furan rings is 2. The number of benzene rings is 1. The minimum absolute atomic E-state index is 0.0276. The Labute approximate surface area is 160 Å². The van der Waals surface area contributed by atoms with Crippen molar-refractivity contribution in [3.05, 3.63) is 83.2 Å². The van der Waals surface area contributed by atoms with E-state index in [0.29, 0.717) is 23.7 Å². The van der Waals surface area contributed by atoms with E-state index in [1.54, 1.807) is 0 Å². The van der Waals surface area contributed by atoms with Crippen molar-refractivity contribution in [2.24, 2.45) is 0 Å². The van der Waals surface area contributed by atoms with Crippen molar-refractivity contribution in [2.75, 3.05) is 0 Å². The summed E-state index contributed by atoms with van der Waals surface area (Å²) < 4.78 is 88.8. The molecule has 0 N–H and O–H groups in total. The number of carbonyl (C=O) groups excluding carboxylic acids is 1. The molecule has 1 amide bonds. The van der Waals surface area contributed by atoms with Crippen molar-refractivity contribution in [3.63, 3.8) is 0 Å². The predicted octanol–water partition coefficient (Wildman–Crippen LogP) is 5.75. The summed E-state index contributed by atoms with van der Waals surface area (Å²) in [5.74, 6) is -0.435. The van der Waals surface area contributed by atoms with Crippen molar-refractivity contribution in [1.29, 1.82) is 0 Å². The Kier molecular flexibility index (Phi) is 5.45. The molecule has 29 heavy (non-hydrogen) atoms. The lowest BCUT2D eigenvalue weighted by Crippen LogP contribution is -2.30. The Morgan fingerprint density at radius 2 is 1.24 bits per heavy atom. The first-order valence-electron chi connectivity index (χ1n) is 8.17. The lowest BCUT2D eigenvalue weighted by atomic mass is 10.0. The van der Waals surface area contributed by atoms with Crippen LogP contribution in [0.4, 0.5) is 26.3 Å². The monoisotopic (exact) mass is 417 g/mol. The summed E-state index contributed by atoms with van der Waals surface area (Å²) in [7, 11) is 0. The number of amides is 1. The maximum Gasteiger partial charge on any atom is 0.416 e. The van der Waals surface area contributed by atoms with E-state index >= 15 is 0 Å². The van der Waals surface area contributed by atoms with E-state index in [2.05, 4.69) is 0 Å². The molecule has 10 heteroatoms. The van der Waals surface area contributed by atoms with Crippen molar-refractivity contribution in [2.45, 2.75) is 25.4 Å². The van der Waals surface area contributed by atoms with E-state index < -0.39 is 35.0 Å². The van der Waals surface area contributed by atoms with Gasteiger partial charge in [-0.3, -0.25) is 4.79 Å². The van der Waals surface area contributed by atoms with Gasteiger partial charge in [-0.05, 0) is 42.5 Å². The van der Waals surface area contributed by atoms with E-state index in [-0.39, 0.29) is 19.2 Å². The molecule has 3 rings (SSSR count). The fourth-order valence-corrected chi connectivity index (χ4v) is 2.64. The first kappa shape index (κ1) is 20.6. The number of nitrogens with zero attached hydrogens (tertiary/aromatic N) is 1. The maximum absolute atomic E-state index is 13.1. The predicted molar refractivity (Wildman–Crippen MR) is 87.4 cm³/mol. The van der Waals surface area contributed by atoms with Gasteiger partial charge in [-0.2, -0.15) is 26.3 Å². The van der Waals surface area contributed by atoms with Crippen LogP contribution in [0, 0.1) is 0 Å². The normalized spacial score (nSPS) is 12.2. The second kappa shape index (κ2) is 7.69. The van der Waals surface area contributed by atoms with Crippen molar-refractivity contribution < 1.29 is 40.0 Å². The number of alkyl halides is 6. The standard InChI is InChI=1S/C19H13F6NO3/c20-18(21,22)13-7-12(8-14(9-13)19(23,24)25)17(27)26(10-15-3-1-5-28-15)11-16-4-2-6-29-16/h1-9H,10-11H2. The van der Waals surface area contributed by atoms with Gasteiger partial charge in [0.1, 0.15) is 11.5 Å². The van der Waals surface area contributed by atoms with Crippen LogP contribution in [0.25, 0.3) is 0 Å². The summed E-state index contributed by atoms with van der Waals surface area (Å²) >= 11 is 0. The Hall–Kier alpha value is -3.17. The van der Waals surface area contributed by atoms with Crippen LogP contribution in [-0.2, 0) is 25.4 Å². The highest BCUT2D eigenvalue weighted by Crippen LogP contribution is 2.36. The van der Waals surface area contributed by atoms with Gasteiger partial charge in [-0.1, -0.05) is 0 Å². The molecule has 2 heterocycles. The molecule has 154 valence electrons. The molecule has 0 aliphatic carbocycles. The third kappa shape index (κ3) is 5.01. The van der Waals surface area contributed by atoms with Crippen LogP contribution < -0.4 is 0 Å². The van der Waals surface area contributed by atoms with Gasteiger partial charge in [0.15, 0.2) is 0 Å². The summed E-state index contributed by atoms with van der Waals surface area (Å²) in [5, 5.41) is 0. The van der Waals surface area contributed by atoms with Gasteiger partial charge in [0.25, 0.3) is 5.91 Å². The average Bonchev–Trinajstić information content (AvgIpc) is 3.32. The molecule has 0 aliphatic rings. The lowest BCUT2D eigenvalue weighted by molar-refractivity contribution is -0.143. The minimum atomic E-state index is -5.05. The summed E-state index contributed by atoms with van der Waals surface area (Å²) in [5.41, 5.74) is -3.87. The number of hydrogen-bond acceptors (Lipinski definition) is 3. The van der Waals surface area contributed by atoms with Crippen LogP contribution >= 0.6 is 0 Å². The number of rotatable bonds is 5. The molecule has 0 aliphatic heterocycles. The molecular formula is C19H13F6NO3. The second-order valence-electron chi connectivity index (χ2n) is 6.11. The van der Waals surface area contributed by atoms with Crippen molar-refractivity contribution in [1.82, 2.24) is 4.90 Å². The van der Waals surface area contributed by atoms with Gasteiger partial charge in [0.05, 0.1) is 36.7 Å². The van der Waals surface area contributed by atoms with Gasteiger partial charge in [0.2, 0.25) is 0 Å². The smallest absolute Gasteiger partial charge is 0.416 e. The highest BCUT2D eigenvalue weighted by Gasteiger charge is 2.38. The zero-order valence-electron chi connectivity index (χ0n) is 14.6. The fourth-order valence-electron chi connectivity index (χ4n) is 2.64. The van der Waals surface area contributed by atoms with Crippen LogP contribution in [0.5, 0.6) is 0 Å². The van der Waals surface area contributed by atoms with Crippen LogP contribution in [0.1, 0.15) is 33.0 Å². The molecule has 1 aromatic carbocycles. The zero-order chi connectivity index (χ0) is 21.2. The van der Waals surface area contributed by atoms with E-state index in [1.807, 2.05) is 0 Å². The zero-order valence-corrected chi connectivity index (χ0v) is 14.6. The Morgan fingerprint density at radius 1 is 0.793 bits per heavy atom. The van der Waals surface area contributed by atoms with Gasteiger partial charge in [-0.15, -0.1) is 0 Å². The van der Waals surface area contributed by atoms with Gasteiger partial charge >= 0.3 is 12.4 Å². The molecule has 0 bridgehead atoms. The maximum atomic E-state index is 13.1. The summed E-state index contributed by atoms with van der Waals surface area (Å²) in [4.78, 5) is 13.9. The quantitative estimate of drug-likeness (QED) is 0.497. The summed E-state index contributed by atoms with van der Waals surface area (Å²) in [6.07, 6.45) is -7.44. The largest absolute Gasteiger partial charge is 0.467 e. The van der Waals surface area contributed by atoms with E-state index in [0.717, 1.165) is 4.90 Å². The molecule has 0 spiro atoms. The molecule has 0 saturated carbocycles. The molecule has 3 aromatic rings. The fraction of sp³-hybridized carbons (Fsp3) is 0.211. The van der Waals surface area contributed by atoms with Crippen molar-refractivity contribution in [3.8, 4) is 0 Å². The highest BCUT2D eigenvalue weighted by molar-refractivity contribution is 5.94. The summed E-state index contributed by atoms with van der Waals surface area (Å²) in [6.45, 7) is -0.353.